The Morgan fingerprint density at radius 3 is 2.79 bits per heavy atom. The Morgan fingerprint density at radius 1 is 1.36 bits per heavy atom. The normalized spacial score (nSPS) is 12.7. The molecule has 1 N–H and O–H groups in total. The van der Waals surface area contributed by atoms with Crippen LogP contribution in [0.5, 0.6) is 0 Å². The SMILES string of the molecule is OC(c1nccs1)c1ccccc1Cl. The average Bonchev–Trinajstić information content (AvgIpc) is 2.70. The van der Waals surface area contributed by atoms with Gasteiger partial charge in [0.2, 0.25) is 0 Å². The fourth-order valence-electron chi connectivity index (χ4n) is 1.20. The lowest BCUT2D eigenvalue weighted by Crippen LogP contribution is -1.99. The molecule has 0 saturated heterocycles. The summed E-state index contributed by atoms with van der Waals surface area (Å²) in [6.45, 7) is 0. The van der Waals surface area contributed by atoms with Crippen LogP contribution in [-0.4, -0.2) is 10.1 Å². The number of benzene rings is 1. The van der Waals surface area contributed by atoms with E-state index >= 15 is 0 Å². The van der Waals surface area contributed by atoms with Crippen molar-refractivity contribution < 1.29 is 5.11 Å². The molecule has 2 aromatic rings. The van der Waals surface area contributed by atoms with Crippen LogP contribution in [0.4, 0.5) is 0 Å². The quantitative estimate of drug-likeness (QED) is 0.853. The minimum atomic E-state index is -0.719. The van der Waals surface area contributed by atoms with E-state index in [4.69, 9.17) is 11.6 Å². The van der Waals surface area contributed by atoms with Gasteiger partial charge in [-0.1, -0.05) is 29.8 Å². The molecule has 0 aliphatic heterocycles. The Hall–Kier alpha value is -0.900. The molecule has 1 heterocycles. The second-order valence-electron chi connectivity index (χ2n) is 2.79. The smallest absolute Gasteiger partial charge is 0.132 e. The number of hydrogen-bond acceptors (Lipinski definition) is 3. The summed E-state index contributed by atoms with van der Waals surface area (Å²) in [5.74, 6) is 0. The second kappa shape index (κ2) is 4.09. The molecule has 2 rings (SSSR count). The zero-order valence-corrected chi connectivity index (χ0v) is 8.79. The van der Waals surface area contributed by atoms with Crippen LogP contribution < -0.4 is 0 Å². The largest absolute Gasteiger partial charge is 0.381 e. The van der Waals surface area contributed by atoms with Crippen molar-refractivity contribution in [3.8, 4) is 0 Å². The molecule has 0 bridgehead atoms. The van der Waals surface area contributed by atoms with Gasteiger partial charge in [-0.2, -0.15) is 0 Å². The van der Waals surface area contributed by atoms with Crippen LogP contribution in [0.15, 0.2) is 35.8 Å². The van der Waals surface area contributed by atoms with Gasteiger partial charge in [-0.15, -0.1) is 11.3 Å². The molecular formula is C10H8ClNOS. The Bertz CT molecular complexity index is 416. The first-order valence-electron chi connectivity index (χ1n) is 4.11. The zero-order valence-electron chi connectivity index (χ0n) is 7.22. The van der Waals surface area contributed by atoms with Crippen LogP contribution in [0.25, 0.3) is 0 Å². The second-order valence-corrected chi connectivity index (χ2v) is 4.13. The molecule has 4 heteroatoms. The summed E-state index contributed by atoms with van der Waals surface area (Å²) in [5.41, 5.74) is 0.698. The van der Waals surface area contributed by atoms with Gasteiger partial charge in [-0.3, -0.25) is 0 Å². The molecule has 1 aromatic heterocycles. The topological polar surface area (TPSA) is 33.1 Å². The van der Waals surface area contributed by atoms with Gasteiger partial charge in [0.05, 0.1) is 0 Å². The molecule has 72 valence electrons. The molecule has 0 radical (unpaired) electrons. The molecule has 2 nitrogen and oxygen atoms in total. The lowest BCUT2D eigenvalue weighted by atomic mass is 10.1. The van der Waals surface area contributed by atoms with Gasteiger partial charge in [0, 0.05) is 22.2 Å². The van der Waals surface area contributed by atoms with Crippen LogP contribution in [0.2, 0.25) is 5.02 Å². The molecule has 1 atom stereocenters. The highest BCUT2D eigenvalue weighted by Crippen LogP contribution is 2.28. The molecule has 0 spiro atoms. The van der Waals surface area contributed by atoms with E-state index in [9.17, 15) is 5.11 Å². The molecule has 14 heavy (non-hydrogen) atoms. The maximum atomic E-state index is 9.93. The summed E-state index contributed by atoms with van der Waals surface area (Å²) in [7, 11) is 0. The number of hydrogen-bond donors (Lipinski definition) is 1. The molecule has 0 amide bonds. The van der Waals surface area contributed by atoms with E-state index in [1.165, 1.54) is 11.3 Å². The third-order valence-corrected chi connectivity index (χ3v) is 3.06. The number of nitrogens with zero attached hydrogens (tertiary/aromatic N) is 1. The number of aliphatic hydroxyl groups is 1. The fraction of sp³-hybridized carbons (Fsp3) is 0.100. The highest BCUT2D eigenvalue weighted by molar-refractivity contribution is 7.09. The number of aliphatic hydroxyl groups excluding tert-OH is 1. The minimum absolute atomic E-state index is 0.565. The van der Waals surface area contributed by atoms with Crippen molar-refractivity contribution in [1.29, 1.82) is 0 Å². The highest BCUT2D eigenvalue weighted by Gasteiger charge is 2.15. The summed E-state index contributed by atoms with van der Waals surface area (Å²) in [4.78, 5) is 4.04. The predicted octanol–water partition coefficient (Wildman–Crippen LogP) is 2.88. The van der Waals surface area contributed by atoms with Gasteiger partial charge in [0.15, 0.2) is 0 Å². The van der Waals surface area contributed by atoms with E-state index in [0.717, 1.165) is 0 Å². The monoisotopic (exact) mass is 225 g/mol. The third kappa shape index (κ3) is 1.80. The molecule has 1 aromatic carbocycles. The van der Waals surface area contributed by atoms with E-state index in [1.807, 2.05) is 17.5 Å². The zero-order chi connectivity index (χ0) is 9.97. The molecule has 0 aliphatic rings. The van der Waals surface area contributed by atoms with E-state index < -0.39 is 6.10 Å². The lowest BCUT2D eigenvalue weighted by molar-refractivity contribution is 0.220. The molecule has 1 unspecified atom stereocenters. The van der Waals surface area contributed by atoms with Crippen molar-refractivity contribution >= 4 is 22.9 Å². The number of aromatic nitrogens is 1. The van der Waals surface area contributed by atoms with Crippen LogP contribution in [0.3, 0.4) is 0 Å². The maximum absolute atomic E-state index is 9.93. The first-order valence-corrected chi connectivity index (χ1v) is 5.36. The van der Waals surface area contributed by atoms with Crippen LogP contribution >= 0.6 is 22.9 Å². The Labute approximate surface area is 90.8 Å². The summed E-state index contributed by atoms with van der Waals surface area (Å²) in [5, 5.41) is 13.0. The van der Waals surface area contributed by atoms with Crippen molar-refractivity contribution in [2.75, 3.05) is 0 Å². The van der Waals surface area contributed by atoms with E-state index in [1.54, 1.807) is 18.3 Å². The van der Waals surface area contributed by atoms with Crippen molar-refractivity contribution in [3.05, 3.63) is 51.4 Å². The molecule has 0 aliphatic carbocycles. The van der Waals surface area contributed by atoms with Crippen molar-refractivity contribution in [3.63, 3.8) is 0 Å². The van der Waals surface area contributed by atoms with Crippen LogP contribution in [0, 0.1) is 0 Å². The van der Waals surface area contributed by atoms with Crippen molar-refractivity contribution in [2.45, 2.75) is 6.10 Å². The number of thiazole rings is 1. The van der Waals surface area contributed by atoms with Gasteiger partial charge in [0.1, 0.15) is 11.1 Å². The first kappa shape index (κ1) is 9.65. The van der Waals surface area contributed by atoms with Crippen molar-refractivity contribution in [2.24, 2.45) is 0 Å². The Balaban J connectivity index is 2.37. The van der Waals surface area contributed by atoms with Gasteiger partial charge in [-0.25, -0.2) is 4.98 Å². The predicted molar refractivity (Wildman–Crippen MR) is 57.6 cm³/mol. The van der Waals surface area contributed by atoms with Crippen LogP contribution in [0.1, 0.15) is 16.7 Å². The summed E-state index contributed by atoms with van der Waals surface area (Å²) >= 11 is 7.37. The highest BCUT2D eigenvalue weighted by atomic mass is 35.5. The van der Waals surface area contributed by atoms with Gasteiger partial charge >= 0.3 is 0 Å². The molecular weight excluding hydrogens is 218 g/mol. The lowest BCUT2D eigenvalue weighted by Gasteiger charge is -2.08. The van der Waals surface area contributed by atoms with Gasteiger partial charge < -0.3 is 5.11 Å². The van der Waals surface area contributed by atoms with Gasteiger partial charge in [0.25, 0.3) is 0 Å². The Morgan fingerprint density at radius 2 is 2.14 bits per heavy atom. The maximum Gasteiger partial charge on any atom is 0.132 e. The Kier molecular flexibility index (Phi) is 2.82. The summed E-state index contributed by atoms with van der Waals surface area (Å²) in [6.07, 6.45) is 0.948. The summed E-state index contributed by atoms with van der Waals surface area (Å²) in [6, 6.07) is 7.24. The average molecular weight is 226 g/mol. The van der Waals surface area contributed by atoms with E-state index in [-0.39, 0.29) is 0 Å². The first-order chi connectivity index (χ1) is 6.79. The molecule has 0 saturated carbocycles. The number of rotatable bonds is 2. The van der Waals surface area contributed by atoms with E-state index in [0.29, 0.717) is 15.6 Å². The standard InChI is InChI=1S/C10H8ClNOS/c11-8-4-2-1-3-7(8)9(13)10-12-5-6-14-10/h1-6,9,13H. The summed E-state index contributed by atoms with van der Waals surface area (Å²) < 4.78 is 0. The third-order valence-electron chi connectivity index (χ3n) is 1.89. The molecule has 0 fully saturated rings. The van der Waals surface area contributed by atoms with Crippen molar-refractivity contribution in [1.82, 2.24) is 4.98 Å². The minimum Gasteiger partial charge on any atom is -0.381 e. The van der Waals surface area contributed by atoms with E-state index in [2.05, 4.69) is 4.98 Å². The fourth-order valence-corrected chi connectivity index (χ4v) is 2.08. The number of halogens is 1. The van der Waals surface area contributed by atoms with Crippen LogP contribution in [-0.2, 0) is 0 Å². The van der Waals surface area contributed by atoms with Gasteiger partial charge in [-0.05, 0) is 6.07 Å².